The zero-order valence-electron chi connectivity index (χ0n) is 11.4. The molecule has 4 heteroatoms. The highest BCUT2D eigenvalue weighted by atomic mass is 16.5. The molecule has 1 heterocycles. The molecule has 0 radical (unpaired) electrons. The van der Waals surface area contributed by atoms with Gasteiger partial charge in [0.25, 0.3) is 0 Å². The van der Waals surface area contributed by atoms with E-state index in [1.165, 1.54) is 5.69 Å². The van der Waals surface area contributed by atoms with Crippen LogP contribution < -0.4 is 5.32 Å². The molecule has 4 nitrogen and oxygen atoms in total. The van der Waals surface area contributed by atoms with E-state index in [9.17, 15) is 0 Å². The van der Waals surface area contributed by atoms with Gasteiger partial charge in [-0.2, -0.15) is 5.10 Å². The summed E-state index contributed by atoms with van der Waals surface area (Å²) < 4.78 is 7.41. The average molecular weight is 239 g/mol. The van der Waals surface area contributed by atoms with E-state index in [1.807, 2.05) is 24.9 Å². The van der Waals surface area contributed by atoms with Crippen molar-refractivity contribution in [1.29, 1.82) is 0 Å². The Morgan fingerprint density at radius 3 is 2.76 bits per heavy atom. The maximum absolute atomic E-state index is 5.49. The lowest BCUT2D eigenvalue weighted by Gasteiger charge is -2.22. The molecule has 0 aliphatic heterocycles. The Kier molecular flexibility index (Phi) is 6.22. The quantitative estimate of drug-likeness (QED) is 0.749. The molecule has 1 unspecified atom stereocenters. The molecular formula is C13H25N3O. The summed E-state index contributed by atoms with van der Waals surface area (Å²) in [6.07, 6.45) is 2.85. The molecule has 0 bridgehead atoms. The third-order valence-corrected chi connectivity index (χ3v) is 3.02. The number of hydrogen-bond donors (Lipinski definition) is 1. The van der Waals surface area contributed by atoms with Crippen LogP contribution in [0.25, 0.3) is 0 Å². The van der Waals surface area contributed by atoms with Crippen molar-refractivity contribution in [3.8, 4) is 0 Å². The van der Waals surface area contributed by atoms with Gasteiger partial charge in [0.2, 0.25) is 0 Å². The molecule has 1 atom stereocenters. The molecular weight excluding hydrogens is 214 g/mol. The highest BCUT2D eigenvalue weighted by molar-refractivity contribution is 5.00. The summed E-state index contributed by atoms with van der Waals surface area (Å²) in [4.78, 5) is 0. The van der Waals surface area contributed by atoms with Crippen molar-refractivity contribution >= 4 is 0 Å². The molecule has 0 aliphatic rings. The van der Waals surface area contributed by atoms with Crippen molar-refractivity contribution in [2.24, 2.45) is 13.0 Å². The van der Waals surface area contributed by atoms with Crippen LogP contribution in [0, 0.1) is 5.92 Å². The smallest absolute Gasteiger partial charge is 0.0621 e. The van der Waals surface area contributed by atoms with E-state index < -0.39 is 0 Å². The second-order valence-corrected chi connectivity index (χ2v) is 4.66. The highest BCUT2D eigenvalue weighted by Gasteiger charge is 2.12. The third kappa shape index (κ3) is 4.88. The van der Waals surface area contributed by atoms with Crippen LogP contribution in [-0.4, -0.2) is 35.6 Å². The predicted octanol–water partition coefficient (Wildman–Crippen LogP) is 1.61. The Morgan fingerprint density at radius 2 is 2.24 bits per heavy atom. The SMILES string of the molecule is CCOCC(NCCc1ccnn1C)C(C)C. The molecule has 0 saturated heterocycles. The molecule has 98 valence electrons. The van der Waals surface area contributed by atoms with Gasteiger partial charge >= 0.3 is 0 Å². The van der Waals surface area contributed by atoms with E-state index in [0.29, 0.717) is 12.0 Å². The highest BCUT2D eigenvalue weighted by Crippen LogP contribution is 2.03. The minimum absolute atomic E-state index is 0.433. The topological polar surface area (TPSA) is 39.1 Å². The number of rotatable bonds is 8. The molecule has 17 heavy (non-hydrogen) atoms. The van der Waals surface area contributed by atoms with Crippen molar-refractivity contribution in [3.63, 3.8) is 0 Å². The van der Waals surface area contributed by atoms with Crippen LogP contribution in [0.2, 0.25) is 0 Å². The largest absolute Gasteiger partial charge is 0.380 e. The summed E-state index contributed by atoms with van der Waals surface area (Å²) in [5.74, 6) is 0.591. The Balaban J connectivity index is 2.29. The molecule has 0 fully saturated rings. The first-order valence-electron chi connectivity index (χ1n) is 6.43. The van der Waals surface area contributed by atoms with Gasteiger partial charge in [-0.15, -0.1) is 0 Å². The molecule has 1 aromatic heterocycles. The molecule has 0 aliphatic carbocycles. The van der Waals surface area contributed by atoms with Crippen molar-refractivity contribution in [2.75, 3.05) is 19.8 Å². The van der Waals surface area contributed by atoms with Crippen molar-refractivity contribution in [1.82, 2.24) is 15.1 Å². The number of aromatic nitrogens is 2. The lowest BCUT2D eigenvalue weighted by atomic mass is 10.1. The monoisotopic (exact) mass is 239 g/mol. The van der Waals surface area contributed by atoms with Gasteiger partial charge in [0.15, 0.2) is 0 Å². The van der Waals surface area contributed by atoms with E-state index >= 15 is 0 Å². The summed E-state index contributed by atoms with van der Waals surface area (Å²) in [5.41, 5.74) is 1.26. The maximum atomic E-state index is 5.49. The molecule has 0 aromatic carbocycles. The van der Waals surface area contributed by atoms with Crippen LogP contribution in [0.3, 0.4) is 0 Å². The van der Waals surface area contributed by atoms with Crippen LogP contribution in [-0.2, 0) is 18.2 Å². The van der Waals surface area contributed by atoms with Gasteiger partial charge in [-0.25, -0.2) is 0 Å². The Hall–Kier alpha value is -0.870. The van der Waals surface area contributed by atoms with E-state index in [-0.39, 0.29) is 0 Å². The first-order valence-corrected chi connectivity index (χ1v) is 6.43. The van der Waals surface area contributed by atoms with Gasteiger partial charge in [-0.1, -0.05) is 13.8 Å². The Bertz CT molecular complexity index is 309. The number of nitrogens with zero attached hydrogens (tertiary/aromatic N) is 2. The second kappa shape index (κ2) is 7.45. The van der Waals surface area contributed by atoms with E-state index in [4.69, 9.17) is 4.74 Å². The number of ether oxygens (including phenoxy) is 1. The standard InChI is InChI=1S/C13H25N3O/c1-5-17-10-13(11(2)3)14-8-6-12-7-9-15-16(12)4/h7,9,11,13-14H,5-6,8,10H2,1-4H3. The first-order chi connectivity index (χ1) is 8.15. The lowest BCUT2D eigenvalue weighted by molar-refractivity contribution is 0.108. The van der Waals surface area contributed by atoms with Crippen LogP contribution in [0.5, 0.6) is 0 Å². The zero-order valence-corrected chi connectivity index (χ0v) is 11.4. The van der Waals surface area contributed by atoms with E-state index in [2.05, 4.69) is 30.3 Å². The van der Waals surface area contributed by atoms with Crippen LogP contribution >= 0.6 is 0 Å². The molecule has 1 aromatic rings. The Morgan fingerprint density at radius 1 is 1.47 bits per heavy atom. The van der Waals surface area contributed by atoms with Crippen molar-refractivity contribution in [3.05, 3.63) is 18.0 Å². The normalized spacial score (nSPS) is 13.2. The second-order valence-electron chi connectivity index (χ2n) is 4.66. The van der Waals surface area contributed by atoms with E-state index in [0.717, 1.165) is 26.2 Å². The molecule has 0 spiro atoms. The van der Waals surface area contributed by atoms with Gasteiger partial charge in [-0.3, -0.25) is 4.68 Å². The minimum Gasteiger partial charge on any atom is -0.380 e. The lowest BCUT2D eigenvalue weighted by Crippen LogP contribution is -2.39. The fourth-order valence-electron chi connectivity index (χ4n) is 1.76. The summed E-state index contributed by atoms with van der Waals surface area (Å²) in [6.45, 7) is 9.02. The van der Waals surface area contributed by atoms with Crippen molar-refractivity contribution < 1.29 is 4.74 Å². The summed E-state index contributed by atoms with van der Waals surface area (Å²) in [5, 5.41) is 7.72. The van der Waals surface area contributed by atoms with E-state index in [1.54, 1.807) is 0 Å². The first kappa shape index (κ1) is 14.2. The molecule has 1 N–H and O–H groups in total. The van der Waals surface area contributed by atoms with Gasteiger partial charge in [0, 0.05) is 44.6 Å². The van der Waals surface area contributed by atoms with Gasteiger partial charge in [-0.05, 0) is 18.9 Å². The fourth-order valence-corrected chi connectivity index (χ4v) is 1.76. The van der Waals surface area contributed by atoms with Gasteiger partial charge in [0.1, 0.15) is 0 Å². The average Bonchev–Trinajstić information content (AvgIpc) is 2.69. The summed E-state index contributed by atoms with van der Waals surface area (Å²) in [6, 6.07) is 2.50. The number of hydrogen-bond acceptors (Lipinski definition) is 3. The maximum Gasteiger partial charge on any atom is 0.0621 e. The van der Waals surface area contributed by atoms with Gasteiger partial charge in [0.05, 0.1) is 6.61 Å². The Labute approximate surface area is 104 Å². The van der Waals surface area contributed by atoms with Crippen LogP contribution in [0.4, 0.5) is 0 Å². The fraction of sp³-hybridized carbons (Fsp3) is 0.769. The van der Waals surface area contributed by atoms with Crippen molar-refractivity contribution in [2.45, 2.75) is 33.2 Å². The zero-order chi connectivity index (χ0) is 12.7. The number of aryl methyl sites for hydroxylation is 1. The summed E-state index contributed by atoms with van der Waals surface area (Å²) >= 11 is 0. The third-order valence-electron chi connectivity index (χ3n) is 3.02. The van der Waals surface area contributed by atoms with Crippen LogP contribution in [0.15, 0.2) is 12.3 Å². The van der Waals surface area contributed by atoms with Gasteiger partial charge < -0.3 is 10.1 Å². The molecule has 0 amide bonds. The van der Waals surface area contributed by atoms with Crippen LogP contribution in [0.1, 0.15) is 26.5 Å². The molecule has 1 rings (SSSR count). The predicted molar refractivity (Wildman–Crippen MR) is 70.0 cm³/mol. The summed E-state index contributed by atoms with van der Waals surface area (Å²) in [7, 11) is 1.98. The molecule has 0 saturated carbocycles. The minimum atomic E-state index is 0.433. The number of nitrogens with one attached hydrogen (secondary N) is 1.